The first kappa shape index (κ1) is 24.4. The summed E-state index contributed by atoms with van der Waals surface area (Å²) in [6, 6.07) is 0. The predicted octanol–water partition coefficient (Wildman–Crippen LogP) is 3.80. The molecule has 0 radical (unpaired) electrons. The van der Waals surface area contributed by atoms with E-state index in [2.05, 4.69) is 38.8 Å². The van der Waals surface area contributed by atoms with E-state index >= 15 is 0 Å². The van der Waals surface area contributed by atoms with Gasteiger partial charge in [-0.25, -0.2) is 14.6 Å². The van der Waals surface area contributed by atoms with Crippen molar-refractivity contribution >= 4 is 17.5 Å². The summed E-state index contributed by atoms with van der Waals surface area (Å²) in [5, 5.41) is 15.6. The molecular formula is C21H32N2O6. The fourth-order valence-corrected chi connectivity index (χ4v) is 2.56. The maximum atomic E-state index is 9.55. The van der Waals surface area contributed by atoms with Crippen LogP contribution in [0.3, 0.4) is 0 Å². The SMILES string of the molecule is CCCCOc1oc(C2=CCCN(C)C2)nc1[C@@H](C)CC.O=C(O)C=CC(=O)O. The van der Waals surface area contributed by atoms with Gasteiger partial charge in [-0.1, -0.05) is 33.3 Å². The third-order valence-electron chi connectivity index (χ3n) is 4.42. The molecule has 1 aliphatic rings. The lowest BCUT2D eigenvalue weighted by Gasteiger charge is -2.20. The molecule has 2 heterocycles. The fraction of sp³-hybridized carbons (Fsp3) is 0.571. The minimum atomic E-state index is -1.26. The van der Waals surface area contributed by atoms with Gasteiger partial charge in [-0.3, -0.25) is 0 Å². The van der Waals surface area contributed by atoms with Crippen molar-refractivity contribution in [2.45, 2.75) is 52.4 Å². The van der Waals surface area contributed by atoms with Gasteiger partial charge in [-0.15, -0.1) is 0 Å². The van der Waals surface area contributed by atoms with Gasteiger partial charge in [-0.2, -0.15) is 0 Å². The van der Waals surface area contributed by atoms with Crippen LogP contribution in [0.1, 0.15) is 64.0 Å². The molecule has 0 spiro atoms. The molecule has 8 heteroatoms. The molecular weight excluding hydrogens is 376 g/mol. The lowest BCUT2D eigenvalue weighted by Crippen LogP contribution is -2.25. The van der Waals surface area contributed by atoms with Gasteiger partial charge in [0.15, 0.2) is 0 Å². The highest BCUT2D eigenvalue weighted by Crippen LogP contribution is 2.32. The maximum Gasteiger partial charge on any atom is 0.328 e. The smallest absolute Gasteiger partial charge is 0.328 e. The number of nitrogens with zero attached hydrogens (tertiary/aromatic N) is 2. The summed E-state index contributed by atoms with van der Waals surface area (Å²) >= 11 is 0. The Morgan fingerprint density at radius 1 is 1.31 bits per heavy atom. The van der Waals surface area contributed by atoms with Crippen LogP contribution in [0.5, 0.6) is 5.95 Å². The molecule has 1 atom stereocenters. The molecule has 0 fully saturated rings. The molecule has 2 N–H and O–H groups in total. The van der Waals surface area contributed by atoms with Crippen molar-refractivity contribution in [1.29, 1.82) is 0 Å². The van der Waals surface area contributed by atoms with Gasteiger partial charge in [0.2, 0.25) is 5.89 Å². The molecule has 2 rings (SSSR count). The predicted molar refractivity (Wildman–Crippen MR) is 110 cm³/mol. The highest BCUT2D eigenvalue weighted by atomic mass is 16.6. The summed E-state index contributed by atoms with van der Waals surface area (Å²) in [6.07, 6.45) is 7.61. The van der Waals surface area contributed by atoms with Crippen LogP contribution in [0.2, 0.25) is 0 Å². The number of aliphatic carboxylic acids is 2. The minimum Gasteiger partial charge on any atom is -0.478 e. The van der Waals surface area contributed by atoms with Crippen molar-refractivity contribution in [2.75, 3.05) is 26.7 Å². The molecule has 0 bridgehead atoms. The van der Waals surface area contributed by atoms with Crippen molar-refractivity contribution in [2.24, 2.45) is 0 Å². The number of carboxylic acid groups (broad SMARTS) is 2. The molecule has 0 saturated carbocycles. The second kappa shape index (κ2) is 12.8. The lowest BCUT2D eigenvalue weighted by atomic mass is 10.1. The second-order valence-corrected chi connectivity index (χ2v) is 6.97. The number of carboxylic acids is 2. The fourth-order valence-electron chi connectivity index (χ4n) is 2.56. The van der Waals surface area contributed by atoms with E-state index in [0.29, 0.717) is 30.6 Å². The van der Waals surface area contributed by atoms with E-state index in [9.17, 15) is 9.59 Å². The van der Waals surface area contributed by atoms with E-state index in [0.717, 1.165) is 50.4 Å². The molecule has 0 unspecified atom stereocenters. The molecule has 8 nitrogen and oxygen atoms in total. The van der Waals surface area contributed by atoms with Crippen LogP contribution < -0.4 is 4.74 Å². The van der Waals surface area contributed by atoms with Gasteiger partial charge < -0.3 is 24.3 Å². The topological polar surface area (TPSA) is 113 Å². The van der Waals surface area contributed by atoms with Crippen molar-refractivity contribution in [3.8, 4) is 5.95 Å². The number of aromatic nitrogens is 1. The molecule has 162 valence electrons. The Morgan fingerprint density at radius 2 is 1.97 bits per heavy atom. The number of oxazole rings is 1. The number of rotatable bonds is 9. The first-order valence-electron chi connectivity index (χ1n) is 9.93. The summed E-state index contributed by atoms with van der Waals surface area (Å²) in [5.41, 5.74) is 2.15. The normalized spacial score (nSPS) is 15.4. The van der Waals surface area contributed by atoms with E-state index in [-0.39, 0.29) is 0 Å². The standard InChI is InChI=1S/C17H28N2O2.C4H4O4/c1-5-7-11-20-17-15(13(3)6-2)18-16(21-17)14-9-8-10-19(4)12-14;5-3(6)1-2-4(7)8/h9,13H,5-8,10-12H2,1-4H3;1-2H,(H,5,6)(H,7,8)/t13-;/m0./s1. The van der Waals surface area contributed by atoms with Gasteiger partial charge in [-0.05, 0) is 26.3 Å². The minimum absolute atomic E-state index is 0.362. The second-order valence-electron chi connectivity index (χ2n) is 6.97. The van der Waals surface area contributed by atoms with E-state index in [1.54, 1.807) is 0 Å². The third-order valence-corrected chi connectivity index (χ3v) is 4.42. The number of unbranched alkanes of at least 4 members (excludes halogenated alkanes) is 1. The molecule has 1 aromatic rings. The number of carbonyl (C=O) groups is 2. The Morgan fingerprint density at radius 3 is 2.48 bits per heavy atom. The summed E-state index contributed by atoms with van der Waals surface area (Å²) in [4.78, 5) is 26.1. The Bertz CT molecular complexity index is 707. The lowest BCUT2D eigenvalue weighted by molar-refractivity contribution is -0.134. The van der Waals surface area contributed by atoms with Crippen LogP contribution in [0.25, 0.3) is 5.57 Å². The zero-order chi connectivity index (χ0) is 21.8. The zero-order valence-corrected chi connectivity index (χ0v) is 17.7. The number of likely N-dealkylation sites (N-methyl/N-ethyl adjacent to an activating group) is 1. The monoisotopic (exact) mass is 408 g/mol. The Kier molecular flexibility index (Phi) is 10.8. The number of hydrogen-bond donors (Lipinski definition) is 2. The highest BCUT2D eigenvalue weighted by molar-refractivity contribution is 5.89. The number of hydrogen-bond acceptors (Lipinski definition) is 6. The largest absolute Gasteiger partial charge is 0.478 e. The van der Waals surface area contributed by atoms with Gasteiger partial charge in [0, 0.05) is 36.7 Å². The van der Waals surface area contributed by atoms with Gasteiger partial charge in [0.05, 0.1) is 6.61 Å². The van der Waals surface area contributed by atoms with Crippen LogP contribution in [-0.2, 0) is 9.59 Å². The quantitative estimate of drug-likeness (QED) is 0.469. The third kappa shape index (κ3) is 8.95. The molecule has 0 saturated heterocycles. The Balaban J connectivity index is 0.000000447. The van der Waals surface area contributed by atoms with E-state index in [1.807, 2.05) is 0 Å². The summed E-state index contributed by atoms with van der Waals surface area (Å²) in [6.45, 7) is 9.20. The summed E-state index contributed by atoms with van der Waals surface area (Å²) in [5.74, 6) is -0.786. The zero-order valence-electron chi connectivity index (χ0n) is 17.7. The van der Waals surface area contributed by atoms with E-state index in [4.69, 9.17) is 24.4 Å². The van der Waals surface area contributed by atoms with Crippen LogP contribution in [0, 0.1) is 0 Å². The van der Waals surface area contributed by atoms with Crippen LogP contribution in [0.15, 0.2) is 22.6 Å². The summed E-state index contributed by atoms with van der Waals surface area (Å²) < 4.78 is 11.8. The highest BCUT2D eigenvalue weighted by Gasteiger charge is 2.22. The van der Waals surface area contributed by atoms with E-state index in [1.165, 1.54) is 5.57 Å². The Hall–Kier alpha value is -2.61. The van der Waals surface area contributed by atoms with Gasteiger partial charge in [0.25, 0.3) is 0 Å². The molecule has 0 aliphatic carbocycles. The number of ether oxygens (including phenoxy) is 1. The van der Waals surface area contributed by atoms with Gasteiger partial charge >= 0.3 is 17.9 Å². The van der Waals surface area contributed by atoms with Crippen molar-refractivity contribution in [3.63, 3.8) is 0 Å². The van der Waals surface area contributed by atoms with Crippen molar-refractivity contribution in [3.05, 3.63) is 29.8 Å². The molecule has 1 aliphatic heterocycles. The van der Waals surface area contributed by atoms with Crippen LogP contribution in [-0.4, -0.2) is 58.8 Å². The average Bonchev–Trinajstić information content (AvgIpc) is 3.11. The first-order valence-corrected chi connectivity index (χ1v) is 9.93. The molecule has 29 heavy (non-hydrogen) atoms. The first-order chi connectivity index (χ1) is 13.8. The van der Waals surface area contributed by atoms with Crippen molar-refractivity contribution in [1.82, 2.24) is 9.88 Å². The molecule has 0 aromatic carbocycles. The van der Waals surface area contributed by atoms with Crippen LogP contribution in [0.4, 0.5) is 0 Å². The van der Waals surface area contributed by atoms with Crippen molar-refractivity contribution < 1.29 is 29.0 Å². The maximum absolute atomic E-state index is 9.55. The van der Waals surface area contributed by atoms with Crippen LogP contribution >= 0.6 is 0 Å². The van der Waals surface area contributed by atoms with Gasteiger partial charge in [0.1, 0.15) is 5.69 Å². The molecule has 0 amide bonds. The molecule has 1 aromatic heterocycles. The van der Waals surface area contributed by atoms with E-state index < -0.39 is 11.9 Å². The Labute approximate surface area is 171 Å². The summed E-state index contributed by atoms with van der Waals surface area (Å²) in [7, 11) is 2.13. The average molecular weight is 408 g/mol.